The van der Waals surface area contributed by atoms with Gasteiger partial charge in [-0.3, -0.25) is 0 Å². The van der Waals surface area contributed by atoms with Gasteiger partial charge in [-0.1, -0.05) is 6.07 Å². The molecule has 0 atom stereocenters. The van der Waals surface area contributed by atoms with Crippen LogP contribution in [0.2, 0.25) is 0 Å². The van der Waals surface area contributed by atoms with Crippen molar-refractivity contribution in [3.05, 3.63) is 51.5 Å². The molecule has 2 aromatic heterocycles. The number of hydrogen-bond acceptors (Lipinski definition) is 2. The average molecular weight is 291 g/mol. The Hall–Kier alpha value is -1.32. The Morgan fingerprint density at radius 2 is 2.11 bits per heavy atom. The molecule has 0 aliphatic carbocycles. The predicted octanol–water partition coefficient (Wildman–Crippen LogP) is 4.50. The first-order valence-electron chi connectivity index (χ1n) is 6.23. The van der Waals surface area contributed by atoms with E-state index in [1.54, 1.807) is 11.3 Å². The molecule has 0 saturated heterocycles. The second-order valence-corrected chi connectivity index (χ2v) is 6.03. The van der Waals surface area contributed by atoms with Gasteiger partial charge in [0.2, 0.25) is 0 Å². The van der Waals surface area contributed by atoms with Crippen LogP contribution in [0.5, 0.6) is 0 Å². The molecule has 2 nitrogen and oxygen atoms in total. The number of hydrogen-bond donors (Lipinski definition) is 0. The van der Waals surface area contributed by atoms with Crippen molar-refractivity contribution >= 4 is 34.0 Å². The topological polar surface area (TPSA) is 17.8 Å². The van der Waals surface area contributed by atoms with E-state index in [-0.39, 0.29) is 0 Å². The fraction of sp³-hybridized carbons (Fsp3) is 0.267. The largest absolute Gasteiger partial charge is 0.322 e. The van der Waals surface area contributed by atoms with E-state index in [0.29, 0.717) is 5.88 Å². The van der Waals surface area contributed by atoms with Crippen molar-refractivity contribution in [2.75, 3.05) is 0 Å². The zero-order chi connectivity index (χ0) is 13.4. The SMILES string of the molecule is Cc1ccc2nc(CCl)n(Cc3sccc3C)c2c1. The minimum absolute atomic E-state index is 0.443. The summed E-state index contributed by atoms with van der Waals surface area (Å²) in [5.74, 6) is 1.38. The smallest absolute Gasteiger partial charge is 0.125 e. The number of thiophene rings is 1. The number of fused-ring (bicyclic) bond motifs is 1. The van der Waals surface area contributed by atoms with Crippen molar-refractivity contribution in [3.63, 3.8) is 0 Å². The second kappa shape index (κ2) is 4.99. The van der Waals surface area contributed by atoms with Gasteiger partial charge in [0.1, 0.15) is 5.82 Å². The van der Waals surface area contributed by atoms with Gasteiger partial charge in [0.05, 0.1) is 23.5 Å². The van der Waals surface area contributed by atoms with Crippen LogP contribution in [0.4, 0.5) is 0 Å². The van der Waals surface area contributed by atoms with E-state index < -0.39 is 0 Å². The van der Waals surface area contributed by atoms with E-state index in [4.69, 9.17) is 11.6 Å². The fourth-order valence-electron chi connectivity index (χ4n) is 2.27. The van der Waals surface area contributed by atoms with Gasteiger partial charge >= 0.3 is 0 Å². The Balaban J connectivity index is 2.15. The first kappa shape index (κ1) is 12.7. The number of imidazole rings is 1. The molecule has 0 bridgehead atoms. The van der Waals surface area contributed by atoms with Gasteiger partial charge in [0, 0.05) is 4.88 Å². The molecule has 0 spiro atoms. The number of aryl methyl sites for hydroxylation is 2. The molecule has 0 N–H and O–H groups in total. The number of nitrogens with zero attached hydrogens (tertiary/aromatic N) is 2. The van der Waals surface area contributed by atoms with Gasteiger partial charge < -0.3 is 4.57 Å². The van der Waals surface area contributed by atoms with Gasteiger partial charge in [0.25, 0.3) is 0 Å². The van der Waals surface area contributed by atoms with Crippen LogP contribution < -0.4 is 0 Å². The zero-order valence-corrected chi connectivity index (χ0v) is 12.6. The van der Waals surface area contributed by atoms with Crippen LogP contribution in [0.15, 0.2) is 29.6 Å². The van der Waals surface area contributed by atoms with E-state index in [2.05, 4.69) is 53.0 Å². The summed E-state index contributed by atoms with van der Waals surface area (Å²) in [5.41, 5.74) is 4.77. The number of aromatic nitrogens is 2. The van der Waals surface area contributed by atoms with Crippen molar-refractivity contribution in [1.29, 1.82) is 0 Å². The van der Waals surface area contributed by atoms with E-state index >= 15 is 0 Å². The van der Waals surface area contributed by atoms with Gasteiger partial charge in [0.15, 0.2) is 0 Å². The maximum absolute atomic E-state index is 6.04. The molecule has 3 rings (SSSR count). The number of alkyl halides is 1. The van der Waals surface area contributed by atoms with E-state index in [0.717, 1.165) is 17.9 Å². The maximum Gasteiger partial charge on any atom is 0.125 e. The highest BCUT2D eigenvalue weighted by atomic mass is 35.5. The van der Waals surface area contributed by atoms with E-state index in [1.165, 1.54) is 21.5 Å². The Labute approximate surface area is 121 Å². The third kappa shape index (κ3) is 2.28. The molecule has 19 heavy (non-hydrogen) atoms. The third-order valence-corrected chi connectivity index (χ3v) is 4.62. The first-order valence-corrected chi connectivity index (χ1v) is 7.65. The molecule has 0 aliphatic heterocycles. The molecule has 98 valence electrons. The summed E-state index contributed by atoms with van der Waals surface area (Å²) in [7, 11) is 0. The highest BCUT2D eigenvalue weighted by Gasteiger charge is 2.12. The molecular formula is C15H15ClN2S. The van der Waals surface area contributed by atoms with Crippen LogP contribution in [0.25, 0.3) is 11.0 Å². The Morgan fingerprint density at radius 3 is 2.79 bits per heavy atom. The van der Waals surface area contributed by atoms with Crippen LogP contribution in [0, 0.1) is 13.8 Å². The normalized spacial score (nSPS) is 11.3. The van der Waals surface area contributed by atoms with Gasteiger partial charge in [-0.2, -0.15) is 0 Å². The molecule has 2 heterocycles. The Kier molecular flexibility index (Phi) is 3.33. The lowest BCUT2D eigenvalue weighted by Gasteiger charge is -2.07. The standard InChI is InChI=1S/C15H15ClN2S/c1-10-3-4-12-13(7-10)18(15(8-16)17-12)9-14-11(2)5-6-19-14/h3-7H,8-9H2,1-2H3. The predicted molar refractivity (Wildman–Crippen MR) is 82.2 cm³/mol. The number of rotatable bonds is 3. The number of halogens is 1. The first-order chi connectivity index (χ1) is 9.19. The van der Waals surface area contributed by atoms with Crippen LogP contribution >= 0.6 is 22.9 Å². The summed E-state index contributed by atoms with van der Waals surface area (Å²) < 4.78 is 2.23. The highest BCUT2D eigenvalue weighted by Crippen LogP contribution is 2.23. The lowest BCUT2D eigenvalue weighted by Crippen LogP contribution is -2.03. The molecule has 3 aromatic rings. The van der Waals surface area contributed by atoms with Gasteiger partial charge in [-0.05, 0) is 48.6 Å². The monoisotopic (exact) mass is 290 g/mol. The molecule has 0 unspecified atom stereocenters. The molecular weight excluding hydrogens is 276 g/mol. The lowest BCUT2D eigenvalue weighted by atomic mass is 10.2. The minimum Gasteiger partial charge on any atom is -0.322 e. The van der Waals surface area contributed by atoms with Crippen LogP contribution in [0.3, 0.4) is 0 Å². The van der Waals surface area contributed by atoms with Crippen molar-refractivity contribution < 1.29 is 0 Å². The summed E-state index contributed by atoms with van der Waals surface area (Å²) in [6, 6.07) is 8.50. The molecule has 0 amide bonds. The quantitative estimate of drug-likeness (QED) is 0.649. The summed E-state index contributed by atoms with van der Waals surface area (Å²) in [4.78, 5) is 5.99. The van der Waals surface area contributed by atoms with Crippen molar-refractivity contribution in [2.45, 2.75) is 26.3 Å². The van der Waals surface area contributed by atoms with Crippen LogP contribution in [-0.4, -0.2) is 9.55 Å². The molecule has 0 saturated carbocycles. The Bertz CT molecular complexity index is 727. The molecule has 0 radical (unpaired) electrons. The Morgan fingerprint density at radius 1 is 1.26 bits per heavy atom. The number of benzene rings is 1. The third-order valence-electron chi connectivity index (χ3n) is 3.37. The second-order valence-electron chi connectivity index (χ2n) is 4.77. The zero-order valence-electron chi connectivity index (χ0n) is 11.0. The molecule has 1 aromatic carbocycles. The van der Waals surface area contributed by atoms with Crippen molar-refractivity contribution in [2.24, 2.45) is 0 Å². The van der Waals surface area contributed by atoms with Gasteiger partial charge in [-0.25, -0.2) is 4.98 Å². The molecule has 4 heteroatoms. The fourth-order valence-corrected chi connectivity index (χ4v) is 3.37. The maximum atomic E-state index is 6.04. The summed E-state index contributed by atoms with van der Waals surface area (Å²) in [5, 5.41) is 2.13. The lowest BCUT2D eigenvalue weighted by molar-refractivity contribution is 0.785. The van der Waals surface area contributed by atoms with Crippen LogP contribution in [-0.2, 0) is 12.4 Å². The minimum atomic E-state index is 0.443. The van der Waals surface area contributed by atoms with E-state index in [1.807, 2.05) is 0 Å². The highest BCUT2D eigenvalue weighted by molar-refractivity contribution is 7.10. The van der Waals surface area contributed by atoms with Crippen molar-refractivity contribution in [3.8, 4) is 0 Å². The summed E-state index contributed by atoms with van der Waals surface area (Å²) in [6.45, 7) is 5.11. The average Bonchev–Trinajstić information content (AvgIpc) is 2.95. The summed E-state index contributed by atoms with van der Waals surface area (Å²) in [6.07, 6.45) is 0. The van der Waals surface area contributed by atoms with Crippen molar-refractivity contribution in [1.82, 2.24) is 9.55 Å². The summed E-state index contributed by atoms with van der Waals surface area (Å²) >= 11 is 7.83. The molecule has 0 aliphatic rings. The van der Waals surface area contributed by atoms with Crippen LogP contribution in [0.1, 0.15) is 21.8 Å². The van der Waals surface area contributed by atoms with E-state index in [9.17, 15) is 0 Å². The molecule has 0 fully saturated rings. The van der Waals surface area contributed by atoms with Gasteiger partial charge in [-0.15, -0.1) is 22.9 Å².